The van der Waals surface area contributed by atoms with E-state index in [0.717, 1.165) is 62.4 Å². The van der Waals surface area contributed by atoms with Crippen molar-refractivity contribution in [2.24, 2.45) is 15.0 Å². The molecule has 0 saturated heterocycles. The molecular formula is C26H21Cl2FeN5. The molecule has 0 spiro atoms. The van der Waals surface area contributed by atoms with E-state index in [9.17, 15) is 0 Å². The van der Waals surface area contributed by atoms with E-state index in [1.165, 1.54) is 0 Å². The summed E-state index contributed by atoms with van der Waals surface area (Å²) in [6.45, 7) is 3.99. The number of benzene rings is 2. The van der Waals surface area contributed by atoms with Gasteiger partial charge in [0.25, 0.3) is 0 Å². The molecule has 5 nitrogen and oxygen atoms in total. The second kappa shape index (κ2) is 11.5. The SMILES string of the molecule is CC(=Nc1cccc2cccnc12)C1=CCC(C(C)=Nc2cccc3cccnc23)=N1.[Cl][Fe][Cl]. The van der Waals surface area contributed by atoms with Crippen LogP contribution in [0.5, 0.6) is 0 Å². The third-order valence-corrected chi connectivity index (χ3v) is 5.33. The topological polar surface area (TPSA) is 62.9 Å². The van der Waals surface area contributed by atoms with E-state index >= 15 is 0 Å². The van der Waals surface area contributed by atoms with Crippen molar-refractivity contribution < 1.29 is 13.1 Å². The van der Waals surface area contributed by atoms with Crippen molar-refractivity contribution in [2.45, 2.75) is 20.3 Å². The van der Waals surface area contributed by atoms with Crippen LogP contribution < -0.4 is 0 Å². The van der Waals surface area contributed by atoms with E-state index < -0.39 is 0 Å². The molecule has 3 heterocycles. The van der Waals surface area contributed by atoms with Gasteiger partial charge in [-0.1, -0.05) is 42.5 Å². The molecule has 4 aromatic rings. The molecule has 2 aromatic heterocycles. The minimum absolute atomic E-state index is 0.194. The normalized spacial score (nSPS) is 14.1. The van der Waals surface area contributed by atoms with Crippen LogP contribution in [0.1, 0.15) is 20.3 Å². The molecule has 2 aromatic carbocycles. The summed E-state index contributed by atoms with van der Waals surface area (Å²) in [5.41, 5.74) is 7.11. The van der Waals surface area contributed by atoms with Crippen molar-refractivity contribution in [3.8, 4) is 0 Å². The molecule has 0 amide bonds. The summed E-state index contributed by atoms with van der Waals surface area (Å²) in [6.07, 6.45) is 6.44. The maximum absolute atomic E-state index is 4.83. The van der Waals surface area contributed by atoms with E-state index in [1.807, 2.05) is 74.5 Å². The number of para-hydroxylation sites is 2. The Balaban J connectivity index is 0.000000868. The summed E-state index contributed by atoms with van der Waals surface area (Å²) in [6, 6.07) is 20.0. The molecule has 0 fully saturated rings. The minimum atomic E-state index is 0.194. The fraction of sp³-hybridized carbons (Fsp3) is 0.115. The van der Waals surface area contributed by atoms with Crippen LogP contribution in [0.25, 0.3) is 21.8 Å². The molecule has 172 valence electrons. The molecular weight excluding hydrogens is 509 g/mol. The first kappa shape index (κ1) is 24.2. The third kappa shape index (κ3) is 5.60. The number of allylic oxidation sites excluding steroid dienone is 2. The van der Waals surface area contributed by atoms with Crippen LogP contribution >= 0.6 is 20.2 Å². The molecule has 0 radical (unpaired) electrons. The Hall–Kier alpha value is -2.89. The van der Waals surface area contributed by atoms with Crippen LogP contribution in [0.3, 0.4) is 0 Å². The van der Waals surface area contributed by atoms with E-state index in [-0.39, 0.29) is 13.1 Å². The number of fused-ring (bicyclic) bond motifs is 2. The zero-order chi connectivity index (χ0) is 23.9. The van der Waals surface area contributed by atoms with Crippen LogP contribution in [-0.2, 0) is 13.1 Å². The van der Waals surface area contributed by atoms with Crippen molar-refractivity contribution in [1.29, 1.82) is 0 Å². The summed E-state index contributed by atoms with van der Waals surface area (Å²) in [4.78, 5) is 23.4. The predicted octanol–water partition coefficient (Wildman–Crippen LogP) is 7.77. The van der Waals surface area contributed by atoms with Gasteiger partial charge in [-0.3, -0.25) is 9.97 Å². The summed E-state index contributed by atoms with van der Waals surface area (Å²) < 4.78 is 0. The molecule has 8 heteroatoms. The Bertz CT molecular complexity index is 1450. The van der Waals surface area contributed by atoms with E-state index in [1.54, 1.807) is 12.4 Å². The Morgan fingerprint density at radius 1 is 0.765 bits per heavy atom. The van der Waals surface area contributed by atoms with Crippen LogP contribution in [0.4, 0.5) is 11.4 Å². The van der Waals surface area contributed by atoms with Gasteiger partial charge < -0.3 is 0 Å². The molecule has 34 heavy (non-hydrogen) atoms. The van der Waals surface area contributed by atoms with Gasteiger partial charge in [0.1, 0.15) is 0 Å². The van der Waals surface area contributed by atoms with E-state index in [0.29, 0.717) is 0 Å². The number of hydrogen-bond donors (Lipinski definition) is 0. The van der Waals surface area contributed by atoms with Crippen molar-refractivity contribution in [3.63, 3.8) is 0 Å². The van der Waals surface area contributed by atoms with Gasteiger partial charge in [0.2, 0.25) is 0 Å². The maximum atomic E-state index is 4.83. The standard InChI is InChI=1S/C26H21N5.2ClH.Fe/c1-17(29-23-11-3-7-19-9-5-15-27-25(19)23)21-13-14-22(31-21)18(2)30-24-12-4-8-20-10-6-16-28-26(20)24;;;/h3-13,15-16H,14H2,1-2H3;2*1H;/q;;;+2/p-2. The van der Waals surface area contributed by atoms with E-state index in [2.05, 4.69) is 16.0 Å². The second-order valence-electron chi connectivity index (χ2n) is 7.50. The summed E-state index contributed by atoms with van der Waals surface area (Å²) in [5, 5.41) is 2.16. The fourth-order valence-corrected chi connectivity index (χ4v) is 3.73. The number of aromatic nitrogens is 2. The van der Waals surface area contributed by atoms with Crippen molar-refractivity contribution in [1.82, 2.24) is 9.97 Å². The van der Waals surface area contributed by atoms with Gasteiger partial charge in [-0.2, -0.15) is 0 Å². The molecule has 0 unspecified atom stereocenters. The van der Waals surface area contributed by atoms with Gasteiger partial charge >= 0.3 is 33.3 Å². The number of rotatable bonds is 4. The van der Waals surface area contributed by atoms with Gasteiger partial charge in [-0.05, 0) is 38.1 Å². The van der Waals surface area contributed by atoms with Crippen molar-refractivity contribution in [3.05, 3.63) is 84.8 Å². The van der Waals surface area contributed by atoms with Gasteiger partial charge in [-0.15, -0.1) is 0 Å². The van der Waals surface area contributed by atoms with Crippen LogP contribution in [-0.4, -0.2) is 27.1 Å². The van der Waals surface area contributed by atoms with Gasteiger partial charge in [0, 0.05) is 29.6 Å². The Morgan fingerprint density at radius 3 is 1.82 bits per heavy atom. The first-order valence-corrected chi connectivity index (χ1v) is 13.6. The molecule has 1 aliphatic heterocycles. The first-order chi connectivity index (χ1) is 16.6. The predicted molar refractivity (Wildman–Crippen MR) is 141 cm³/mol. The number of aliphatic imine (C=N–C) groups is 3. The van der Waals surface area contributed by atoms with Crippen LogP contribution in [0, 0.1) is 0 Å². The third-order valence-electron chi connectivity index (χ3n) is 5.33. The number of nitrogens with zero attached hydrogens (tertiary/aromatic N) is 5. The quantitative estimate of drug-likeness (QED) is 0.200. The fourth-order valence-electron chi connectivity index (χ4n) is 3.73. The average Bonchev–Trinajstić information content (AvgIpc) is 3.36. The molecule has 1 aliphatic rings. The van der Waals surface area contributed by atoms with Gasteiger partial charge in [0.05, 0.1) is 45.2 Å². The first-order valence-electron chi connectivity index (χ1n) is 10.5. The molecule has 5 rings (SSSR count). The number of pyridine rings is 2. The second-order valence-corrected chi connectivity index (χ2v) is 9.33. The number of hydrogen-bond acceptors (Lipinski definition) is 5. The average molecular weight is 530 g/mol. The monoisotopic (exact) mass is 529 g/mol. The zero-order valence-electron chi connectivity index (χ0n) is 18.6. The molecule has 0 atom stereocenters. The van der Waals surface area contributed by atoms with E-state index in [4.69, 9.17) is 35.2 Å². The molecule has 0 aliphatic carbocycles. The van der Waals surface area contributed by atoms with Gasteiger partial charge in [-0.25, -0.2) is 15.0 Å². The Labute approximate surface area is 213 Å². The Morgan fingerprint density at radius 2 is 1.26 bits per heavy atom. The van der Waals surface area contributed by atoms with Gasteiger partial charge in [0.15, 0.2) is 0 Å². The molecule has 0 N–H and O–H groups in total. The zero-order valence-corrected chi connectivity index (χ0v) is 21.2. The number of halogens is 2. The molecule has 0 saturated carbocycles. The molecule has 0 bridgehead atoms. The summed E-state index contributed by atoms with van der Waals surface area (Å²) in [5.74, 6) is 0. The Kier molecular flexibility index (Phi) is 8.20. The van der Waals surface area contributed by atoms with Crippen LogP contribution in [0.15, 0.2) is 99.8 Å². The summed E-state index contributed by atoms with van der Waals surface area (Å²) in [7, 11) is 9.53. The summed E-state index contributed by atoms with van der Waals surface area (Å²) >= 11 is 0.194. The van der Waals surface area contributed by atoms with Crippen molar-refractivity contribution in [2.75, 3.05) is 0 Å². The van der Waals surface area contributed by atoms with Crippen molar-refractivity contribution >= 4 is 70.5 Å². The van der Waals surface area contributed by atoms with Crippen LogP contribution in [0.2, 0.25) is 0 Å².